The quantitative estimate of drug-likeness (QED) is 0.215. The predicted molar refractivity (Wildman–Crippen MR) is 94.0 cm³/mol. The van der Waals surface area contributed by atoms with Gasteiger partial charge in [-0.15, -0.1) is 0 Å². The summed E-state index contributed by atoms with van der Waals surface area (Å²) < 4.78 is 5.15. The van der Waals surface area contributed by atoms with Gasteiger partial charge < -0.3 is 15.6 Å². The molecule has 1 rings (SSSR count). The molecule has 0 aromatic heterocycles. The van der Waals surface area contributed by atoms with Crippen molar-refractivity contribution < 1.29 is 14.6 Å². The first kappa shape index (κ1) is 19.6. The molecule has 0 heterocycles. The Kier molecular flexibility index (Phi) is 9.22. The Morgan fingerprint density at radius 3 is 2.27 bits per heavy atom. The molecule has 0 spiro atoms. The van der Waals surface area contributed by atoms with E-state index in [0.29, 0.717) is 11.3 Å². The molecule has 0 bridgehead atoms. The molecule has 4 nitrogen and oxygen atoms in total. The first-order chi connectivity index (χ1) is 10.5. The number of hydrogen-bond donors (Lipinski definition) is 2. The van der Waals surface area contributed by atoms with Gasteiger partial charge in [0.15, 0.2) is 0 Å². The minimum absolute atomic E-state index is 0.0286. The van der Waals surface area contributed by atoms with Crippen LogP contribution in [0.2, 0.25) is 0 Å². The van der Waals surface area contributed by atoms with Gasteiger partial charge in [0.2, 0.25) is 0 Å². The van der Waals surface area contributed by atoms with Crippen LogP contribution in [-0.2, 0) is 4.79 Å². The molecule has 0 atom stereocenters. The van der Waals surface area contributed by atoms with Crippen molar-refractivity contribution in [1.82, 2.24) is 0 Å². The van der Waals surface area contributed by atoms with Gasteiger partial charge in [0.05, 0.1) is 0 Å². The van der Waals surface area contributed by atoms with Crippen LogP contribution in [0.3, 0.4) is 0 Å². The normalized spacial score (nSPS) is 11.0. The van der Waals surface area contributed by atoms with Gasteiger partial charge in [-0.05, 0) is 43.3 Å². The first-order valence-corrected chi connectivity index (χ1v) is 7.20. The maximum Gasteiger partial charge on any atom is 0.347 e. The molecule has 5 heteroatoms. The third kappa shape index (κ3) is 5.93. The minimum Gasteiger partial charge on any atom is -0.507 e. The van der Waals surface area contributed by atoms with E-state index in [2.05, 4.69) is 6.58 Å². The number of esters is 1. The van der Waals surface area contributed by atoms with Crippen molar-refractivity contribution in [3.8, 4) is 5.75 Å². The minimum atomic E-state index is -0.677. The second-order valence-electron chi connectivity index (χ2n) is 3.77. The van der Waals surface area contributed by atoms with Gasteiger partial charge in [-0.25, -0.2) is 4.79 Å². The second kappa shape index (κ2) is 10.3. The first-order valence-electron chi connectivity index (χ1n) is 6.80. The van der Waals surface area contributed by atoms with Gasteiger partial charge in [-0.3, -0.25) is 0 Å². The van der Waals surface area contributed by atoms with Crippen molar-refractivity contribution in [2.45, 2.75) is 20.8 Å². The number of carbonyl (C=O) groups is 1. The van der Waals surface area contributed by atoms with Crippen LogP contribution in [0.4, 0.5) is 0 Å². The number of hydrogen-bond acceptors (Lipinski definition) is 4. The van der Waals surface area contributed by atoms with E-state index in [9.17, 15) is 9.90 Å². The summed E-state index contributed by atoms with van der Waals surface area (Å²) in [7, 11) is 0. The van der Waals surface area contributed by atoms with Crippen molar-refractivity contribution >= 4 is 23.2 Å². The van der Waals surface area contributed by atoms with Gasteiger partial charge in [0.1, 0.15) is 22.1 Å². The third-order valence-electron chi connectivity index (χ3n) is 2.40. The van der Waals surface area contributed by atoms with Crippen molar-refractivity contribution in [2.75, 3.05) is 0 Å². The van der Waals surface area contributed by atoms with E-state index >= 15 is 0 Å². The SMILES string of the molecule is C=C/C=C(C(=O)Oc1ccc(C(N)=S)cc1)\C(O)=C/C.CC. The zero-order chi connectivity index (χ0) is 17.1. The summed E-state index contributed by atoms with van der Waals surface area (Å²) in [6.07, 6.45) is 4.17. The number of rotatable bonds is 5. The number of ether oxygens (including phenoxy) is 1. The van der Waals surface area contributed by atoms with Crippen molar-refractivity contribution in [3.63, 3.8) is 0 Å². The molecular weight excluding hydrogens is 298 g/mol. The van der Waals surface area contributed by atoms with Crippen LogP contribution < -0.4 is 10.5 Å². The molecule has 3 N–H and O–H groups in total. The lowest BCUT2D eigenvalue weighted by molar-refractivity contribution is -0.130. The molecule has 0 saturated heterocycles. The molecule has 0 aliphatic rings. The smallest absolute Gasteiger partial charge is 0.347 e. The molecule has 0 aliphatic heterocycles. The highest BCUT2D eigenvalue weighted by Gasteiger charge is 2.15. The maximum absolute atomic E-state index is 11.9. The van der Waals surface area contributed by atoms with Gasteiger partial charge in [-0.1, -0.05) is 38.7 Å². The molecule has 0 aliphatic carbocycles. The average Bonchev–Trinajstić information content (AvgIpc) is 2.54. The Hall–Kier alpha value is -2.40. The fraction of sp³-hybridized carbons (Fsp3) is 0.176. The summed E-state index contributed by atoms with van der Waals surface area (Å²) in [5.41, 5.74) is 6.18. The monoisotopic (exact) mass is 319 g/mol. The lowest BCUT2D eigenvalue weighted by Crippen LogP contribution is -2.13. The van der Waals surface area contributed by atoms with E-state index in [4.69, 9.17) is 22.7 Å². The highest BCUT2D eigenvalue weighted by atomic mass is 32.1. The van der Waals surface area contributed by atoms with Crippen LogP contribution in [0.1, 0.15) is 26.3 Å². The summed E-state index contributed by atoms with van der Waals surface area (Å²) in [6, 6.07) is 6.45. The average molecular weight is 319 g/mol. The molecule has 1 aromatic carbocycles. The van der Waals surface area contributed by atoms with Gasteiger partial charge >= 0.3 is 5.97 Å². The summed E-state index contributed by atoms with van der Waals surface area (Å²) in [6.45, 7) is 9.09. The van der Waals surface area contributed by atoms with E-state index in [0.717, 1.165) is 0 Å². The van der Waals surface area contributed by atoms with Gasteiger partial charge in [0, 0.05) is 5.56 Å². The molecule has 1 aromatic rings. The third-order valence-corrected chi connectivity index (χ3v) is 2.64. The van der Waals surface area contributed by atoms with Gasteiger partial charge in [0.25, 0.3) is 0 Å². The second-order valence-corrected chi connectivity index (χ2v) is 4.21. The Balaban J connectivity index is 0.00000211. The zero-order valence-corrected chi connectivity index (χ0v) is 13.8. The maximum atomic E-state index is 11.9. The molecular formula is C17H21NO3S. The van der Waals surface area contributed by atoms with Gasteiger partial charge in [-0.2, -0.15) is 0 Å². The standard InChI is InChI=1S/C15H15NO3S.C2H6/c1-3-5-12(13(17)4-2)15(18)19-11-8-6-10(7-9-11)14(16)20;1-2/h3-9,17H,1H2,2H3,(H2,16,20);1-2H3/b12-5+,13-4+;. The summed E-state index contributed by atoms with van der Waals surface area (Å²) in [5, 5.41) is 9.62. The Labute approximate surface area is 136 Å². The molecule has 0 saturated carbocycles. The van der Waals surface area contributed by atoms with Crippen LogP contribution in [0.15, 0.2) is 60.4 Å². The van der Waals surface area contributed by atoms with Crippen LogP contribution in [0, 0.1) is 0 Å². The molecule has 0 fully saturated rings. The molecule has 22 heavy (non-hydrogen) atoms. The van der Waals surface area contributed by atoms with Crippen LogP contribution in [0.5, 0.6) is 5.75 Å². The number of benzene rings is 1. The van der Waals surface area contributed by atoms with Crippen molar-refractivity contribution in [3.05, 3.63) is 66.0 Å². The molecule has 0 radical (unpaired) electrons. The largest absolute Gasteiger partial charge is 0.507 e. The zero-order valence-electron chi connectivity index (χ0n) is 13.0. The highest BCUT2D eigenvalue weighted by Crippen LogP contribution is 2.16. The van der Waals surface area contributed by atoms with Crippen LogP contribution >= 0.6 is 12.2 Å². The van der Waals surface area contributed by atoms with E-state index < -0.39 is 5.97 Å². The number of allylic oxidation sites excluding steroid dienone is 3. The van der Waals surface area contributed by atoms with Crippen LogP contribution in [0.25, 0.3) is 0 Å². The topological polar surface area (TPSA) is 72.5 Å². The van der Waals surface area contributed by atoms with E-state index in [1.54, 1.807) is 31.2 Å². The predicted octanol–water partition coefficient (Wildman–Crippen LogP) is 3.83. The van der Waals surface area contributed by atoms with Crippen molar-refractivity contribution in [1.29, 1.82) is 0 Å². The molecule has 0 amide bonds. The summed E-state index contributed by atoms with van der Waals surface area (Å²) in [5.74, 6) is -0.521. The van der Waals surface area contributed by atoms with E-state index in [1.807, 2.05) is 13.8 Å². The number of thiocarbonyl (C=S) groups is 1. The van der Waals surface area contributed by atoms with Crippen LogP contribution in [-0.4, -0.2) is 16.1 Å². The van der Waals surface area contributed by atoms with E-state index in [1.165, 1.54) is 18.2 Å². The Bertz CT molecular complexity index is 586. The highest BCUT2D eigenvalue weighted by molar-refractivity contribution is 7.80. The number of aliphatic hydroxyl groups excluding tert-OH is 1. The van der Waals surface area contributed by atoms with E-state index in [-0.39, 0.29) is 16.3 Å². The Morgan fingerprint density at radius 2 is 1.86 bits per heavy atom. The molecule has 118 valence electrons. The lowest BCUT2D eigenvalue weighted by Gasteiger charge is -2.07. The number of carbonyl (C=O) groups excluding carboxylic acids is 1. The summed E-state index contributed by atoms with van der Waals surface area (Å²) >= 11 is 4.83. The lowest BCUT2D eigenvalue weighted by atomic mass is 10.2. The number of nitrogens with two attached hydrogens (primary N) is 1. The fourth-order valence-electron chi connectivity index (χ4n) is 1.38. The summed E-state index contributed by atoms with van der Waals surface area (Å²) in [4.78, 5) is 12.2. The van der Waals surface area contributed by atoms with Crippen molar-refractivity contribution in [2.24, 2.45) is 5.73 Å². The fourth-order valence-corrected chi connectivity index (χ4v) is 1.52. The molecule has 0 unspecified atom stereocenters. The number of aliphatic hydroxyl groups is 1. The Morgan fingerprint density at radius 1 is 1.32 bits per heavy atom.